The Bertz CT molecular complexity index is 998. The Morgan fingerprint density at radius 2 is 1.96 bits per heavy atom. The number of halogens is 1. The fourth-order valence-electron chi connectivity index (χ4n) is 2.29. The number of nitrogens with zero attached hydrogens (tertiary/aromatic N) is 3. The molecule has 1 aromatic heterocycles. The first-order valence-electron chi connectivity index (χ1n) is 7.55. The van der Waals surface area contributed by atoms with Crippen molar-refractivity contribution >= 4 is 17.6 Å². The van der Waals surface area contributed by atoms with Gasteiger partial charge < -0.3 is 9.84 Å². The number of hydrogen-bond donors (Lipinski definition) is 1. The average Bonchev–Trinajstić information content (AvgIpc) is 2.67. The van der Waals surface area contributed by atoms with E-state index in [1.165, 1.54) is 12.3 Å². The monoisotopic (exact) mass is 365 g/mol. The molecule has 0 fully saturated rings. The number of carbonyl (C=O) groups is 1. The summed E-state index contributed by atoms with van der Waals surface area (Å²) < 4.78 is 5.70. The lowest BCUT2D eigenvalue weighted by molar-refractivity contribution is 0.0690. The number of aromatic nitrogens is 2. The lowest BCUT2D eigenvalue weighted by atomic mass is 10.1. The van der Waals surface area contributed by atoms with Gasteiger partial charge in [0, 0.05) is 17.3 Å². The molecule has 0 aliphatic heterocycles. The van der Waals surface area contributed by atoms with Gasteiger partial charge in [-0.1, -0.05) is 23.7 Å². The predicted molar refractivity (Wildman–Crippen MR) is 94.9 cm³/mol. The molecule has 0 atom stereocenters. The van der Waals surface area contributed by atoms with E-state index in [0.717, 1.165) is 0 Å². The summed E-state index contributed by atoms with van der Waals surface area (Å²) in [5, 5.41) is 18.6. The fraction of sp³-hybridized carbons (Fsp3) is 0.0526. The summed E-state index contributed by atoms with van der Waals surface area (Å²) in [6, 6.07) is 15.5. The fourth-order valence-corrected chi connectivity index (χ4v) is 2.53. The van der Waals surface area contributed by atoms with Gasteiger partial charge in [-0.05, 0) is 36.4 Å². The molecule has 0 aliphatic carbocycles. The summed E-state index contributed by atoms with van der Waals surface area (Å²) in [6.07, 6.45) is 1.40. The van der Waals surface area contributed by atoms with Crippen LogP contribution < -0.4 is 4.74 Å². The molecule has 1 heterocycles. The highest BCUT2D eigenvalue weighted by Crippen LogP contribution is 2.23. The SMILES string of the molecule is N#Cc1c(Cl)cccc1COc1ccc(-c2nccc(C(=O)O)n2)cc1. The van der Waals surface area contributed by atoms with Crippen molar-refractivity contribution in [3.05, 3.63) is 76.6 Å². The first-order chi connectivity index (χ1) is 12.6. The van der Waals surface area contributed by atoms with Crippen LogP contribution in [0, 0.1) is 11.3 Å². The smallest absolute Gasteiger partial charge is 0.354 e. The minimum Gasteiger partial charge on any atom is -0.489 e. The number of nitriles is 1. The third-order valence-corrected chi connectivity index (χ3v) is 3.91. The second-order valence-corrected chi connectivity index (χ2v) is 5.68. The Labute approximate surface area is 154 Å². The molecule has 2 aromatic carbocycles. The van der Waals surface area contributed by atoms with E-state index >= 15 is 0 Å². The zero-order valence-corrected chi connectivity index (χ0v) is 14.1. The van der Waals surface area contributed by atoms with E-state index < -0.39 is 5.97 Å². The zero-order valence-electron chi connectivity index (χ0n) is 13.4. The van der Waals surface area contributed by atoms with Crippen molar-refractivity contribution in [2.75, 3.05) is 0 Å². The molecule has 6 nitrogen and oxygen atoms in total. The Morgan fingerprint density at radius 3 is 2.65 bits per heavy atom. The number of aromatic carboxylic acids is 1. The largest absolute Gasteiger partial charge is 0.489 e. The van der Waals surface area contributed by atoms with Gasteiger partial charge in [-0.3, -0.25) is 0 Å². The van der Waals surface area contributed by atoms with Crippen molar-refractivity contribution < 1.29 is 14.6 Å². The highest BCUT2D eigenvalue weighted by atomic mass is 35.5. The lowest BCUT2D eigenvalue weighted by Gasteiger charge is -2.09. The van der Waals surface area contributed by atoms with Crippen LogP contribution in [0.15, 0.2) is 54.7 Å². The molecule has 1 N–H and O–H groups in total. The molecule has 0 radical (unpaired) electrons. The molecule has 3 rings (SSSR count). The Morgan fingerprint density at radius 1 is 1.19 bits per heavy atom. The molecule has 0 saturated heterocycles. The minimum atomic E-state index is -1.11. The molecule has 3 aromatic rings. The number of hydrogen-bond acceptors (Lipinski definition) is 5. The molecule has 0 amide bonds. The number of carboxylic acid groups (broad SMARTS) is 1. The van der Waals surface area contributed by atoms with E-state index in [0.29, 0.717) is 33.3 Å². The topological polar surface area (TPSA) is 96.1 Å². The average molecular weight is 366 g/mol. The van der Waals surface area contributed by atoms with Crippen molar-refractivity contribution in [2.45, 2.75) is 6.61 Å². The van der Waals surface area contributed by atoms with Crippen LogP contribution in [0.4, 0.5) is 0 Å². The van der Waals surface area contributed by atoms with Gasteiger partial charge in [-0.2, -0.15) is 5.26 Å². The second kappa shape index (κ2) is 7.64. The molecule has 0 aliphatic rings. The van der Waals surface area contributed by atoms with Gasteiger partial charge in [0.05, 0.1) is 10.6 Å². The molecular formula is C19H12ClN3O3. The van der Waals surface area contributed by atoms with E-state index in [1.54, 1.807) is 42.5 Å². The van der Waals surface area contributed by atoms with Crippen molar-refractivity contribution in [3.8, 4) is 23.2 Å². The third-order valence-electron chi connectivity index (χ3n) is 3.59. The van der Waals surface area contributed by atoms with Gasteiger partial charge in [0.25, 0.3) is 0 Å². The van der Waals surface area contributed by atoms with Crippen LogP contribution in [0.1, 0.15) is 21.6 Å². The quantitative estimate of drug-likeness (QED) is 0.735. The molecule has 0 spiro atoms. The molecule has 26 heavy (non-hydrogen) atoms. The van der Waals surface area contributed by atoms with Gasteiger partial charge in [0.15, 0.2) is 11.5 Å². The van der Waals surface area contributed by atoms with Gasteiger partial charge in [0.2, 0.25) is 0 Å². The van der Waals surface area contributed by atoms with E-state index in [-0.39, 0.29) is 12.3 Å². The summed E-state index contributed by atoms with van der Waals surface area (Å²) in [6.45, 7) is 0.202. The molecule has 0 unspecified atom stereocenters. The Hall–Kier alpha value is -3.43. The maximum atomic E-state index is 11.0. The van der Waals surface area contributed by atoms with Crippen molar-refractivity contribution in [1.82, 2.24) is 9.97 Å². The van der Waals surface area contributed by atoms with Crippen LogP contribution in [0.5, 0.6) is 5.75 Å². The Balaban J connectivity index is 1.75. The highest BCUT2D eigenvalue weighted by Gasteiger charge is 2.09. The van der Waals surface area contributed by atoms with Gasteiger partial charge >= 0.3 is 5.97 Å². The molecule has 128 valence electrons. The van der Waals surface area contributed by atoms with Crippen LogP contribution in [-0.2, 0) is 6.61 Å². The summed E-state index contributed by atoms with van der Waals surface area (Å²) in [7, 11) is 0. The van der Waals surface area contributed by atoms with Gasteiger partial charge in [-0.25, -0.2) is 14.8 Å². The van der Waals surface area contributed by atoms with E-state index in [4.69, 9.17) is 21.4 Å². The van der Waals surface area contributed by atoms with Crippen LogP contribution >= 0.6 is 11.6 Å². The number of benzene rings is 2. The van der Waals surface area contributed by atoms with Crippen LogP contribution in [-0.4, -0.2) is 21.0 Å². The summed E-state index contributed by atoms with van der Waals surface area (Å²) in [4.78, 5) is 19.1. The van der Waals surface area contributed by atoms with Crippen molar-refractivity contribution in [3.63, 3.8) is 0 Å². The van der Waals surface area contributed by atoms with Crippen molar-refractivity contribution in [2.24, 2.45) is 0 Å². The number of rotatable bonds is 5. The summed E-state index contributed by atoms with van der Waals surface area (Å²) >= 11 is 6.00. The molecule has 7 heteroatoms. The van der Waals surface area contributed by atoms with Crippen LogP contribution in [0.25, 0.3) is 11.4 Å². The predicted octanol–water partition coefficient (Wildman–Crippen LogP) is 3.95. The molecule has 0 bridgehead atoms. The molecule has 0 saturated carbocycles. The molecular weight excluding hydrogens is 354 g/mol. The standard InChI is InChI=1S/C19H12ClN3O3/c20-16-3-1-2-13(15(16)10-21)11-26-14-6-4-12(5-7-14)18-22-9-8-17(23-18)19(24)25/h1-9H,11H2,(H,24,25). The minimum absolute atomic E-state index is 0.0692. The summed E-state index contributed by atoms with van der Waals surface area (Å²) in [5.41, 5.74) is 1.69. The highest BCUT2D eigenvalue weighted by molar-refractivity contribution is 6.31. The third kappa shape index (κ3) is 3.79. The summed E-state index contributed by atoms with van der Waals surface area (Å²) in [5.74, 6) is -0.200. The van der Waals surface area contributed by atoms with Crippen molar-refractivity contribution in [1.29, 1.82) is 5.26 Å². The zero-order chi connectivity index (χ0) is 18.5. The maximum absolute atomic E-state index is 11.0. The maximum Gasteiger partial charge on any atom is 0.354 e. The van der Waals surface area contributed by atoms with Gasteiger partial charge in [-0.15, -0.1) is 0 Å². The van der Waals surface area contributed by atoms with E-state index in [2.05, 4.69) is 16.0 Å². The number of carboxylic acids is 1. The Kier molecular flexibility index (Phi) is 5.11. The van der Waals surface area contributed by atoms with Crippen LogP contribution in [0.3, 0.4) is 0 Å². The van der Waals surface area contributed by atoms with E-state index in [9.17, 15) is 10.1 Å². The first kappa shape index (κ1) is 17.4. The second-order valence-electron chi connectivity index (χ2n) is 5.27. The first-order valence-corrected chi connectivity index (χ1v) is 7.93. The van der Waals surface area contributed by atoms with Crippen LogP contribution in [0.2, 0.25) is 5.02 Å². The van der Waals surface area contributed by atoms with Gasteiger partial charge in [0.1, 0.15) is 18.4 Å². The number of ether oxygens (including phenoxy) is 1. The normalized spacial score (nSPS) is 10.2. The lowest BCUT2D eigenvalue weighted by Crippen LogP contribution is -2.02. The van der Waals surface area contributed by atoms with E-state index in [1.807, 2.05) is 0 Å².